The predicted octanol–water partition coefficient (Wildman–Crippen LogP) is 4.90. The van der Waals surface area contributed by atoms with Crippen molar-refractivity contribution in [3.05, 3.63) is 58.4 Å². The van der Waals surface area contributed by atoms with Gasteiger partial charge in [0.1, 0.15) is 10.7 Å². The fourth-order valence-corrected chi connectivity index (χ4v) is 3.26. The maximum absolute atomic E-state index is 12.8. The number of hydrogen-bond donors (Lipinski definition) is 1. The second-order valence-electron chi connectivity index (χ2n) is 6.69. The van der Waals surface area contributed by atoms with Crippen LogP contribution in [0.25, 0.3) is 5.69 Å². The van der Waals surface area contributed by atoms with Crippen molar-refractivity contribution in [2.75, 3.05) is 19.0 Å². The number of halogens is 4. The summed E-state index contributed by atoms with van der Waals surface area (Å²) in [5.41, 5.74) is 0.654. The van der Waals surface area contributed by atoms with Crippen molar-refractivity contribution < 1.29 is 27.4 Å². The third-order valence-corrected chi connectivity index (χ3v) is 4.73. The maximum Gasteiger partial charge on any atom is 0.416 e. The summed E-state index contributed by atoms with van der Waals surface area (Å²) in [6, 6.07) is 8.17. The quantitative estimate of drug-likeness (QED) is 0.534. The van der Waals surface area contributed by atoms with E-state index in [4.69, 9.17) is 21.1 Å². The van der Waals surface area contributed by atoms with Gasteiger partial charge in [0.2, 0.25) is 5.91 Å². The average molecular weight is 469 g/mol. The number of anilines is 1. The zero-order valence-corrected chi connectivity index (χ0v) is 18.2. The van der Waals surface area contributed by atoms with E-state index in [-0.39, 0.29) is 29.1 Å². The van der Waals surface area contributed by atoms with Crippen LogP contribution in [-0.2, 0) is 17.4 Å². The zero-order chi connectivity index (χ0) is 23.5. The van der Waals surface area contributed by atoms with Gasteiger partial charge in [0.25, 0.3) is 0 Å². The van der Waals surface area contributed by atoms with Gasteiger partial charge in [0.15, 0.2) is 11.6 Å². The molecule has 7 nitrogen and oxygen atoms in total. The van der Waals surface area contributed by atoms with Crippen LogP contribution < -0.4 is 14.8 Å². The molecule has 2 aromatic carbocycles. The molecule has 0 radical (unpaired) electrons. The molecule has 0 aliphatic heterocycles. The first-order chi connectivity index (χ1) is 15.1. The summed E-state index contributed by atoms with van der Waals surface area (Å²) in [6.07, 6.45) is -4.22. The van der Waals surface area contributed by atoms with Crippen LogP contribution in [0.2, 0.25) is 5.02 Å². The number of rotatable bonds is 7. The van der Waals surface area contributed by atoms with Crippen molar-refractivity contribution in [1.82, 2.24) is 14.8 Å². The minimum absolute atomic E-state index is 0.163. The van der Waals surface area contributed by atoms with E-state index < -0.39 is 11.7 Å². The van der Waals surface area contributed by atoms with Crippen molar-refractivity contribution in [1.29, 1.82) is 0 Å². The van der Waals surface area contributed by atoms with Crippen LogP contribution in [0.3, 0.4) is 0 Å². The number of aromatic nitrogens is 3. The van der Waals surface area contributed by atoms with Gasteiger partial charge in [0, 0.05) is 13.3 Å². The maximum atomic E-state index is 12.8. The Hall–Kier alpha value is -3.27. The molecule has 0 atom stereocenters. The second kappa shape index (κ2) is 9.47. The van der Waals surface area contributed by atoms with E-state index in [2.05, 4.69) is 15.4 Å². The predicted molar refractivity (Wildman–Crippen MR) is 113 cm³/mol. The van der Waals surface area contributed by atoms with Gasteiger partial charge >= 0.3 is 12.2 Å². The number of nitrogens with zero attached hydrogens (tertiary/aromatic N) is 3. The van der Waals surface area contributed by atoms with Crippen molar-refractivity contribution in [2.45, 2.75) is 26.4 Å². The monoisotopic (exact) mass is 468 g/mol. The Morgan fingerprint density at radius 3 is 2.44 bits per heavy atom. The van der Waals surface area contributed by atoms with E-state index in [1.54, 1.807) is 19.1 Å². The molecule has 0 saturated heterocycles. The van der Waals surface area contributed by atoms with Crippen LogP contribution in [0.5, 0.6) is 11.8 Å². The Kier molecular flexibility index (Phi) is 6.93. The van der Waals surface area contributed by atoms with Crippen LogP contribution in [0, 0.1) is 0 Å². The first-order valence-electron chi connectivity index (χ1n) is 9.53. The molecule has 1 heterocycles. The van der Waals surface area contributed by atoms with Gasteiger partial charge in [-0.25, -0.2) is 0 Å². The molecule has 0 bridgehead atoms. The molecule has 0 aliphatic carbocycles. The zero-order valence-electron chi connectivity index (χ0n) is 17.5. The van der Waals surface area contributed by atoms with E-state index >= 15 is 0 Å². The van der Waals surface area contributed by atoms with Crippen molar-refractivity contribution in [3.8, 4) is 17.4 Å². The average Bonchev–Trinajstić information content (AvgIpc) is 3.11. The highest BCUT2D eigenvalue weighted by Gasteiger charge is 2.30. The third-order valence-electron chi connectivity index (χ3n) is 4.36. The summed E-state index contributed by atoms with van der Waals surface area (Å²) in [6.45, 7) is 3.44. The van der Waals surface area contributed by atoms with E-state index in [0.717, 1.165) is 12.1 Å². The van der Waals surface area contributed by atoms with Gasteiger partial charge in [-0.1, -0.05) is 23.7 Å². The molecule has 0 saturated carbocycles. The number of hydrogen-bond acceptors (Lipinski definition) is 5. The van der Waals surface area contributed by atoms with Crippen molar-refractivity contribution in [2.24, 2.45) is 0 Å². The molecule has 3 aromatic rings. The number of alkyl halides is 3. The Labute approximate surface area is 187 Å². The van der Waals surface area contributed by atoms with Gasteiger partial charge in [0.05, 0.1) is 25.0 Å². The standard InChI is InChI=1S/C21H20ClF3N4O3/c1-4-32-20-27-17(11-13-5-7-14(8-6-13)21(23,24)25)28-29(20)16-10-9-15(26-12(2)30)18(22)19(16)31-3/h5-10H,4,11H2,1-3H3,(H,26,30). The molecule has 0 fully saturated rings. The summed E-state index contributed by atoms with van der Waals surface area (Å²) in [5.74, 6) is 0.276. The molecule has 32 heavy (non-hydrogen) atoms. The summed E-state index contributed by atoms with van der Waals surface area (Å²) >= 11 is 6.39. The largest absolute Gasteiger partial charge is 0.493 e. The number of amides is 1. The first kappa shape index (κ1) is 23.4. The molecule has 0 unspecified atom stereocenters. The number of ether oxygens (including phenoxy) is 2. The third kappa shape index (κ3) is 5.13. The smallest absolute Gasteiger partial charge is 0.416 e. The molecule has 1 aromatic heterocycles. The molecular weight excluding hydrogens is 449 g/mol. The molecule has 170 valence electrons. The van der Waals surface area contributed by atoms with Gasteiger partial charge in [-0.3, -0.25) is 4.79 Å². The normalized spacial score (nSPS) is 11.3. The number of carbonyl (C=O) groups is 1. The highest BCUT2D eigenvalue weighted by atomic mass is 35.5. The minimum atomic E-state index is -4.40. The lowest BCUT2D eigenvalue weighted by Crippen LogP contribution is -2.09. The van der Waals surface area contributed by atoms with Gasteiger partial charge in [-0.2, -0.15) is 22.8 Å². The van der Waals surface area contributed by atoms with E-state index in [1.165, 1.54) is 30.8 Å². The van der Waals surface area contributed by atoms with Crippen LogP contribution in [0.1, 0.15) is 30.8 Å². The van der Waals surface area contributed by atoms with Crippen LogP contribution in [-0.4, -0.2) is 34.4 Å². The van der Waals surface area contributed by atoms with Crippen molar-refractivity contribution in [3.63, 3.8) is 0 Å². The second-order valence-corrected chi connectivity index (χ2v) is 7.07. The Balaban J connectivity index is 1.98. The van der Waals surface area contributed by atoms with Gasteiger partial charge < -0.3 is 14.8 Å². The summed E-state index contributed by atoms with van der Waals surface area (Å²) < 4.78 is 50.8. The van der Waals surface area contributed by atoms with Crippen molar-refractivity contribution >= 4 is 23.2 Å². The Morgan fingerprint density at radius 2 is 1.88 bits per heavy atom. The Bertz CT molecular complexity index is 1110. The van der Waals surface area contributed by atoms with Crippen LogP contribution >= 0.6 is 11.6 Å². The molecule has 0 spiro atoms. The number of benzene rings is 2. The lowest BCUT2D eigenvalue weighted by Gasteiger charge is -2.14. The molecule has 3 rings (SSSR count). The SMILES string of the molecule is CCOc1nc(Cc2ccc(C(F)(F)F)cc2)nn1-c1ccc(NC(C)=O)c(Cl)c1OC. The van der Waals surface area contributed by atoms with Crippen LogP contribution in [0.4, 0.5) is 18.9 Å². The molecular formula is C21H20ClF3N4O3. The first-order valence-corrected chi connectivity index (χ1v) is 9.91. The number of methoxy groups -OCH3 is 1. The van der Waals surface area contributed by atoms with Crippen LogP contribution in [0.15, 0.2) is 36.4 Å². The molecule has 1 amide bonds. The molecule has 1 N–H and O–H groups in total. The fourth-order valence-electron chi connectivity index (χ4n) is 2.98. The number of carbonyl (C=O) groups excluding carboxylic acids is 1. The highest BCUT2D eigenvalue weighted by Crippen LogP contribution is 2.38. The highest BCUT2D eigenvalue weighted by molar-refractivity contribution is 6.35. The van der Waals surface area contributed by atoms with E-state index in [9.17, 15) is 18.0 Å². The fraction of sp³-hybridized carbons (Fsp3) is 0.286. The Morgan fingerprint density at radius 1 is 1.19 bits per heavy atom. The minimum Gasteiger partial charge on any atom is -0.493 e. The summed E-state index contributed by atoms with van der Waals surface area (Å²) in [4.78, 5) is 15.7. The van der Waals surface area contributed by atoms with Gasteiger partial charge in [-0.15, -0.1) is 5.10 Å². The molecule has 11 heteroatoms. The lowest BCUT2D eigenvalue weighted by atomic mass is 10.1. The summed E-state index contributed by atoms with van der Waals surface area (Å²) in [5, 5.41) is 7.22. The number of nitrogens with one attached hydrogen (secondary N) is 1. The topological polar surface area (TPSA) is 78.3 Å². The van der Waals surface area contributed by atoms with Gasteiger partial charge in [-0.05, 0) is 36.8 Å². The lowest BCUT2D eigenvalue weighted by molar-refractivity contribution is -0.137. The molecule has 0 aliphatic rings. The van der Waals surface area contributed by atoms with E-state index in [1.807, 2.05) is 0 Å². The summed E-state index contributed by atoms with van der Waals surface area (Å²) in [7, 11) is 1.42. The van der Waals surface area contributed by atoms with E-state index in [0.29, 0.717) is 29.4 Å².